The summed E-state index contributed by atoms with van der Waals surface area (Å²) >= 11 is 5.60. The van der Waals surface area contributed by atoms with E-state index < -0.39 is 0 Å². The highest BCUT2D eigenvalue weighted by Gasteiger charge is 2.19. The van der Waals surface area contributed by atoms with Gasteiger partial charge in [-0.1, -0.05) is 11.6 Å². The van der Waals surface area contributed by atoms with Crippen LogP contribution in [0.4, 0.5) is 0 Å². The van der Waals surface area contributed by atoms with E-state index in [0.29, 0.717) is 13.0 Å². The van der Waals surface area contributed by atoms with Gasteiger partial charge in [-0.05, 0) is 13.8 Å². The summed E-state index contributed by atoms with van der Waals surface area (Å²) in [4.78, 5) is 21.4. The van der Waals surface area contributed by atoms with Crippen molar-refractivity contribution in [2.24, 2.45) is 0 Å². The van der Waals surface area contributed by atoms with Crippen LogP contribution in [-0.2, 0) is 0 Å². The van der Waals surface area contributed by atoms with E-state index in [1.165, 1.54) is 12.4 Å². The maximum atomic E-state index is 12.1. The van der Waals surface area contributed by atoms with Crippen LogP contribution >= 0.6 is 11.6 Å². The van der Waals surface area contributed by atoms with Gasteiger partial charge in [0, 0.05) is 12.6 Å². The molecule has 1 amide bonds. The maximum absolute atomic E-state index is 12.1. The highest BCUT2D eigenvalue weighted by atomic mass is 35.5. The van der Waals surface area contributed by atoms with Gasteiger partial charge < -0.3 is 4.90 Å². The molecule has 17 heavy (non-hydrogen) atoms. The molecule has 1 aromatic heterocycles. The lowest BCUT2D eigenvalue weighted by Gasteiger charge is -2.25. The van der Waals surface area contributed by atoms with Crippen molar-refractivity contribution in [3.05, 3.63) is 23.2 Å². The summed E-state index contributed by atoms with van der Waals surface area (Å²) < 4.78 is 0. The monoisotopic (exact) mass is 252 g/mol. The minimum atomic E-state index is -0.237. The highest BCUT2D eigenvalue weighted by Crippen LogP contribution is 2.08. The molecule has 0 bridgehead atoms. The fraction of sp³-hybridized carbons (Fsp3) is 0.455. The summed E-state index contributed by atoms with van der Waals surface area (Å²) in [5.41, 5.74) is 0.237. The van der Waals surface area contributed by atoms with Crippen LogP contribution in [-0.4, -0.2) is 33.4 Å². The first-order valence-corrected chi connectivity index (χ1v) is 5.59. The van der Waals surface area contributed by atoms with Crippen LogP contribution in [0, 0.1) is 11.3 Å². The zero-order valence-electron chi connectivity index (χ0n) is 9.72. The Morgan fingerprint density at radius 3 is 2.71 bits per heavy atom. The SMILES string of the molecule is CC(C)N(CCC#N)C(=O)c1cnc(Cl)cn1. The lowest BCUT2D eigenvalue weighted by molar-refractivity contribution is 0.0703. The van der Waals surface area contributed by atoms with Crippen molar-refractivity contribution in [1.82, 2.24) is 14.9 Å². The van der Waals surface area contributed by atoms with Crippen molar-refractivity contribution in [2.75, 3.05) is 6.54 Å². The Labute approximate surface area is 105 Å². The summed E-state index contributed by atoms with van der Waals surface area (Å²) in [6, 6.07) is 2.03. The summed E-state index contributed by atoms with van der Waals surface area (Å²) in [5, 5.41) is 8.80. The van der Waals surface area contributed by atoms with E-state index in [0.717, 1.165) is 0 Å². The second kappa shape index (κ2) is 6.16. The van der Waals surface area contributed by atoms with E-state index in [-0.39, 0.29) is 22.8 Å². The topological polar surface area (TPSA) is 69.9 Å². The summed E-state index contributed by atoms with van der Waals surface area (Å²) in [6.45, 7) is 4.16. The summed E-state index contributed by atoms with van der Waals surface area (Å²) in [6.07, 6.45) is 2.97. The van der Waals surface area contributed by atoms with Gasteiger partial charge in [-0.15, -0.1) is 0 Å². The molecule has 0 unspecified atom stereocenters. The average Bonchev–Trinajstić information content (AvgIpc) is 2.29. The molecule has 0 spiro atoms. The molecule has 0 aliphatic rings. The molecular formula is C11H13ClN4O. The molecule has 5 nitrogen and oxygen atoms in total. The molecular weight excluding hydrogens is 240 g/mol. The molecule has 0 fully saturated rings. The van der Waals surface area contributed by atoms with E-state index >= 15 is 0 Å². The fourth-order valence-corrected chi connectivity index (χ4v) is 1.43. The Kier molecular flexibility index (Phi) is 4.85. The van der Waals surface area contributed by atoms with Gasteiger partial charge in [0.15, 0.2) is 0 Å². The number of hydrogen-bond acceptors (Lipinski definition) is 4. The van der Waals surface area contributed by atoms with Crippen molar-refractivity contribution in [1.29, 1.82) is 5.26 Å². The number of nitrogens with zero attached hydrogens (tertiary/aromatic N) is 4. The minimum absolute atomic E-state index is 0.00771. The van der Waals surface area contributed by atoms with Crippen molar-refractivity contribution < 1.29 is 4.79 Å². The van der Waals surface area contributed by atoms with Crippen LogP contribution in [0.15, 0.2) is 12.4 Å². The minimum Gasteiger partial charge on any atom is -0.334 e. The van der Waals surface area contributed by atoms with Gasteiger partial charge in [0.2, 0.25) is 0 Å². The van der Waals surface area contributed by atoms with Gasteiger partial charge in [0.1, 0.15) is 10.8 Å². The number of amides is 1. The van der Waals surface area contributed by atoms with Crippen LogP contribution in [0.3, 0.4) is 0 Å². The Balaban J connectivity index is 2.84. The van der Waals surface area contributed by atoms with E-state index in [1.54, 1.807) is 4.90 Å². The van der Waals surface area contributed by atoms with Crippen LogP contribution in [0.25, 0.3) is 0 Å². The predicted molar refractivity (Wildman–Crippen MR) is 63.4 cm³/mol. The summed E-state index contributed by atoms with van der Waals surface area (Å²) in [5.74, 6) is -0.237. The fourth-order valence-electron chi connectivity index (χ4n) is 1.33. The van der Waals surface area contributed by atoms with Gasteiger partial charge in [-0.2, -0.15) is 5.26 Å². The molecule has 0 N–H and O–H groups in total. The number of nitriles is 1. The number of carbonyl (C=O) groups is 1. The van der Waals surface area contributed by atoms with Gasteiger partial charge >= 0.3 is 0 Å². The second-order valence-electron chi connectivity index (χ2n) is 3.72. The first-order valence-electron chi connectivity index (χ1n) is 5.21. The van der Waals surface area contributed by atoms with Crippen molar-refractivity contribution >= 4 is 17.5 Å². The molecule has 1 rings (SSSR count). The standard InChI is InChI=1S/C11H13ClN4O/c1-8(2)16(5-3-4-13)11(17)9-6-15-10(12)7-14-9/h6-8H,3,5H2,1-2H3. The average molecular weight is 253 g/mol. The second-order valence-corrected chi connectivity index (χ2v) is 4.11. The van der Waals surface area contributed by atoms with Crippen LogP contribution in [0.2, 0.25) is 5.15 Å². The quantitative estimate of drug-likeness (QED) is 0.821. The molecule has 0 aliphatic carbocycles. The zero-order valence-corrected chi connectivity index (χ0v) is 10.5. The third kappa shape index (κ3) is 3.68. The van der Waals surface area contributed by atoms with Crippen molar-refractivity contribution in [2.45, 2.75) is 26.3 Å². The molecule has 0 atom stereocenters. The highest BCUT2D eigenvalue weighted by molar-refractivity contribution is 6.29. The smallest absolute Gasteiger partial charge is 0.274 e. The van der Waals surface area contributed by atoms with Crippen LogP contribution in [0.5, 0.6) is 0 Å². The van der Waals surface area contributed by atoms with Crippen molar-refractivity contribution in [3.63, 3.8) is 0 Å². The van der Waals surface area contributed by atoms with E-state index in [9.17, 15) is 4.79 Å². The Morgan fingerprint density at radius 1 is 1.53 bits per heavy atom. The summed E-state index contributed by atoms with van der Waals surface area (Å²) in [7, 11) is 0. The third-order valence-electron chi connectivity index (χ3n) is 2.19. The largest absolute Gasteiger partial charge is 0.334 e. The molecule has 6 heteroatoms. The molecule has 0 aliphatic heterocycles. The first-order chi connectivity index (χ1) is 8.06. The van der Waals surface area contributed by atoms with E-state index in [4.69, 9.17) is 16.9 Å². The zero-order chi connectivity index (χ0) is 12.8. The number of aromatic nitrogens is 2. The number of rotatable bonds is 4. The number of hydrogen-bond donors (Lipinski definition) is 0. The lowest BCUT2D eigenvalue weighted by atomic mass is 10.2. The van der Waals surface area contributed by atoms with E-state index in [2.05, 4.69) is 9.97 Å². The van der Waals surface area contributed by atoms with Gasteiger partial charge in [-0.25, -0.2) is 9.97 Å². The van der Waals surface area contributed by atoms with E-state index in [1.807, 2.05) is 19.9 Å². The molecule has 0 aromatic carbocycles. The molecule has 1 heterocycles. The Bertz CT molecular complexity index is 424. The lowest BCUT2D eigenvalue weighted by Crippen LogP contribution is -2.38. The molecule has 0 saturated carbocycles. The molecule has 0 radical (unpaired) electrons. The maximum Gasteiger partial charge on any atom is 0.274 e. The van der Waals surface area contributed by atoms with Gasteiger partial charge in [-0.3, -0.25) is 4.79 Å². The van der Waals surface area contributed by atoms with Crippen LogP contribution in [0.1, 0.15) is 30.8 Å². The number of halogens is 1. The Morgan fingerprint density at radius 2 is 2.24 bits per heavy atom. The van der Waals surface area contributed by atoms with Crippen molar-refractivity contribution in [3.8, 4) is 6.07 Å². The molecule has 90 valence electrons. The Hall–Kier alpha value is -1.67. The first kappa shape index (κ1) is 13.4. The molecule has 0 saturated heterocycles. The van der Waals surface area contributed by atoms with Crippen LogP contribution < -0.4 is 0 Å². The molecule has 1 aromatic rings. The van der Waals surface area contributed by atoms with Gasteiger partial charge in [0.05, 0.1) is 24.9 Å². The third-order valence-corrected chi connectivity index (χ3v) is 2.38. The normalized spacial score (nSPS) is 10.1. The number of carbonyl (C=O) groups excluding carboxylic acids is 1. The predicted octanol–water partition coefficient (Wildman–Crippen LogP) is 1.89. The van der Waals surface area contributed by atoms with Gasteiger partial charge in [0.25, 0.3) is 5.91 Å².